The van der Waals surface area contributed by atoms with Gasteiger partial charge in [-0.3, -0.25) is 4.79 Å². The Kier molecular flexibility index (Phi) is 5.77. The third-order valence-corrected chi connectivity index (χ3v) is 3.13. The maximum atomic E-state index is 11.8. The van der Waals surface area contributed by atoms with E-state index in [-0.39, 0.29) is 5.91 Å². The van der Waals surface area contributed by atoms with E-state index in [2.05, 4.69) is 17.5 Å². The van der Waals surface area contributed by atoms with Gasteiger partial charge in [0.1, 0.15) is 11.5 Å². The summed E-state index contributed by atoms with van der Waals surface area (Å²) in [5.74, 6) is 1.12. The molecule has 1 aromatic carbocycles. The van der Waals surface area contributed by atoms with Gasteiger partial charge in [-0.1, -0.05) is 13.3 Å². The molecule has 0 aliphatic rings. The molecule has 2 rings (SSSR count). The predicted molar refractivity (Wildman–Crippen MR) is 85.4 cm³/mol. The van der Waals surface area contributed by atoms with E-state index in [1.807, 2.05) is 24.3 Å². The molecule has 22 heavy (non-hydrogen) atoms. The zero-order valence-electron chi connectivity index (χ0n) is 12.8. The Bertz CT molecular complexity index is 630. The van der Waals surface area contributed by atoms with Gasteiger partial charge in [-0.05, 0) is 49.2 Å². The molecule has 0 fully saturated rings. The number of hydrazone groups is 1. The monoisotopic (exact) mass is 300 g/mol. The van der Waals surface area contributed by atoms with Crippen molar-refractivity contribution in [3.63, 3.8) is 0 Å². The lowest BCUT2D eigenvalue weighted by Crippen LogP contribution is -2.17. The molecule has 0 saturated carbocycles. The molecule has 0 radical (unpaired) electrons. The zero-order valence-corrected chi connectivity index (χ0v) is 12.8. The number of ether oxygens (including phenoxy) is 1. The topological polar surface area (TPSA) is 63.8 Å². The first-order valence-corrected chi connectivity index (χ1v) is 7.31. The Morgan fingerprint density at radius 1 is 1.32 bits per heavy atom. The number of nitrogens with zero attached hydrogens (tertiary/aromatic N) is 1. The van der Waals surface area contributed by atoms with E-state index in [1.165, 1.54) is 6.26 Å². The van der Waals surface area contributed by atoms with Crippen molar-refractivity contribution in [3.05, 3.63) is 53.5 Å². The maximum Gasteiger partial charge on any atom is 0.274 e. The Labute approximate surface area is 130 Å². The first kappa shape index (κ1) is 15.8. The van der Waals surface area contributed by atoms with Crippen LogP contribution < -0.4 is 10.2 Å². The molecular formula is C17H20N2O3. The van der Waals surface area contributed by atoms with Gasteiger partial charge in [0.15, 0.2) is 0 Å². The second kappa shape index (κ2) is 8.02. The number of carbonyl (C=O) groups is 1. The summed E-state index contributed by atoms with van der Waals surface area (Å²) < 4.78 is 10.7. The fourth-order valence-electron chi connectivity index (χ4n) is 1.83. The van der Waals surface area contributed by atoms with Crippen molar-refractivity contribution < 1.29 is 13.9 Å². The molecule has 5 heteroatoms. The quantitative estimate of drug-likeness (QED) is 0.483. The first-order valence-electron chi connectivity index (χ1n) is 7.31. The number of furan rings is 1. The van der Waals surface area contributed by atoms with Crippen molar-refractivity contribution in [2.45, 2.75) is 26.7 Å². The van der Waals surface area contributed by atoms with Crippen LogP contribution in [0, 0.1) is 6.92 Å². The van der Waals surface area contributed by atoms with Crippen LogP contribution in [0.2, 0.25) is 0 Å². The zero-order chi connectivity index (χ0) is 15.8. The minimum Gasteiger partial charge on any atom is -0.494 e. The van der Waals surface area contributed by atoms with Crippen molar-refractivity contribution in [2.75, 3.05) is 6.61 Å². The van der Waals surface area contributed by atoms with Crippen LogP contribution in [0.1, 0.15) is 41.4 Å². The molecule has 0 spiro atoms. The van der Waals surface area contributed by atoms with Crippen molar-refractivity contribution in [2.24, 2.45) is 5.10 Å². The van der Waals surface area contributed by atoms with Crippen LogP contribution in [0.25, 0.3) is 0 Å². The average Bonchev–Trinajstić information content (AvgIpc) is 2.95. The first-order chi connectivity index (χ1) is 10.7. The van der Waals surface area contributed by atoms with Crippen LogP contribution in [0.3, 0.4) is 0 Å². The second-order valence-corrected chi connectivity index (χ2v) is 4.86. The summed E-state index contributed by atoms with van der Waals surface area (Å²) in [5, 5.41) is 3.94. The second-order valence-electron chi connectivity index (χ2n) is 4.86. The average molecular weight is 300 g/mol. The SMILES string of the molecule is CCCCOc1ccc(/C=N\NC(=O)c2ccoc2C)cc1. The van der Waals surface area contributed by atoms with E-state index in [9.17, 15) is 4.79 Å². The van der Waals surface area contributed by atoms with E-state index in [4.69, 9.17) is 9.15 Å². The van der Waals surface area contributed by atoms with Crippen molar-refractivity contribution in [1.29, 1.82) is 0 Å². The Hall–Kier alpha value is -2.56. The summed E-state index contributed by atoms with van der Waals surface area (Å²) in [7, 11) is 0. The highest BCUT2D eigenvalue weighted by molar-refractivity contribution is 5.95. The third kappa shape index (κ3) is 4.48. The van der Waals surface area contributed by atoms with Crippen LogP contribution in [0.5, 0.6) is 5.75 Å². The molecular weight excluding hydrogens is 280 g/mol. The molecule has 0 bridgehead atoms. The largest absolute Gasteiger partial charge is 0.494 e. The van der Waals surface area contributed by atoms with Crippen LogP contribution >= 0.6 is 0 Å². The lowest BCUT2D eigenvalue weighted by molar-refractivity contribution is 0.0953. The van der Waals surface area contributed by atoms with E-state index in [0.717, 1.165) is 30.8 Å². The molecule has 0 unspecified atom stereocenters. The van der Waals surface area contributed by atoms with Crippen LogP contribution in [0.4, 0.5) is 0 Å². The normalized spacial score (nSPS) is 10.8. The molecule has 5 nitrogen and oxygen atoms in total. The maximum absolute atomic E-state index is 11.8. The van der Waals surface area contributed by atoms with E-state index >= 15 is 0 Å². The molecule has 0 aliphatic heterocycles. The highest BCUT2D eigenvalue weighted by Gasteiger charge is 2.09. The van der Waals surface area contributed by atoms with Crippen LogP contribution in [0.15, 0.2) is 46.1 Å². The summed E-state index contributed by atoms with van der Waals surface area (Å²) >= 11 is 0. The number of unbranched alkanes of at least 4 members (excludes halogenated alkanes) is 1. The van der Waals surface area contributed by atoms with E-state index in [0.29, 0.717) is 11.3 Å². The van der Waals surface area contributed by atoms with Gasteiger partial charge < -0.3 is 9.15 Å². The van der Waals surface area contributed by atoms with Crippen molar-refractivity contribution in [1.82, 2.24) is 5.43 Å². The van der Waals surface area contributed by atoms with Gasteiger partial charge in [-0.15, -0.1) is 0 Å². The number of benzene rings is 1. The smallest absolute Gasteiger partial charge is 0.274 e. The van der Waals surface area contributed by atoms with Gasteiger partial charge in [0.05, 0.1) is 24.6 Å². The van der Waals surface area contributed by atoms with Crippen LogP contribution in [-0.2, 0) is 0 Å². The minimum absolute atomic E-state index is 0.290. The molecule has 1 heterocycles. The van der Waals surface area contributed by atoms with Gasteiger partial charge in [0, 0.05) is 0 Å². The summed E-state index contributed by atoms with van der Waals surface area (Å²) in [4.78, 5) is 11.8. The predicted octanol–water partition coefficient (Wildman–Crippen LogP) is 3.53. The number of carbonyl (C=O) groups excluding carboxylic acids is 1. The Morgan fingerprint density at radius 3 is 2.73 bits per heavy atom. The summed E-state index contributed by atoms with van der Waals surface area (Å²) in [6, 6.07) is 9.17. The number of amides is 1. The highest BCUT2D eigenvalue weighted by atomic mass is 16.5. The Morgan fingerprint density at radius 2 is 2.09 bits per heavy atom. The lowest BCUT2D eigenvalue weighted by Gasteiger charge is -2.04. The highest BCUT2D eigenvalue weighted by Crippen LogP contribution is 2.12. The van der Waals surface area contributed by atoms with Gasteiger partial charge in [0.25, 0.3) is 5.91 Å². The number of rotatable bonds is 7. The lowest BCUT2D eigenvalue weighted by atomic mass is 10.2. The van der Waals surface area contributed by atoms with Crippen molar-refractivity contribution >= 4 is 12.1 Å². The Balaban J connectivity index is 1.85. The number of hydrogen-bond acceptors (Lipinski definition) is 4. The van der Waals surface area contributed by atoms with Crippen molar-refractivity contribution in [3.8, 4) is 5.75 Å². The van der Waals surface area contributed by atoms with Crippen LogP contribution in [-0.4, -0.2) is 18.7 Å². The summed E-state index contributed by atoms with van der Waals surface area (Å²) in [6.45, 7) is 4.59. The number of nitrogens with one attached hydrogen (secondary N) is 1. The fraction of sp³-hybridized carbons (Fsp3) is 0.294. The van der Waals surface area contributed by atoms with Gasteiger partial charge in [-0.2, -0.15) is 5.10 Å². The molecule has 0 aliphatic carbocycles. The fourth-order valence-corrected chi connectivity index (χ4v) is 1.83. The molecule has 2 aromatic rings. The van der Waals surface area contributed by atoms with Gasteiger partial charge in [-0.25, -0.2) is 5.43 Å². The van der Waals surface area contributed by atoms with Gasteiger partial charge >= 0.3 is 0 Å². The summed E-state index contributed by atoms with van der Waals surface area (Å²) in [5.41, 5.74) is 3.83. The van der Waals surface area contributed by atoms with E-state index < -0.39 is 0 Å². The van der Waals surface area contributed by atoms with Gasteiger partial charge in [0.2, 0.25) is 0 Å². The minimum atomic E-state index is -0.290. The molecule has 1 aromatic heterocycles. The molecule has 0 atom stereocenters. The van der Waals surface area contributed by atoms with E-state index in [1.54, 1.807) is 19.2 Å². The molecule has 1 N–H and O–H groups in total. The third-order valence-electron chi connectivity index (χ3n) is 3.13. The molecule has 116 valence electrons. The number of hydrogen-bond donors (Lipinski definition) is 1. The number of aryl methyl sites for hydroxylation is 1. The summed E-state index contributed by atoms with van der Waals surface area (Å²) in [6.07, 6.45) is 5.22. The molecule has 0 saturated heterocycles. The standard InChI is InChI=1S/C17H20N2O3/c1-3-4-10-22-15-7-5-14(6-8-15)12-18-19-17(20)16-9-11-21-13(16)2/h5-9,11-12H,3-4,10H2,1-2H3,(H,19,20)/b18-12-. The molecule has 1 amide bonds.